The summed E-state index contributed by atoms with van der Waals surface area (Å²) < 4.78 is 24.2. The molecule has 0 aliphatic carbocycles. The van der Waals surface area contributed by atoms with Gasteiger partial charge in [0.25, 0.3) is 0 Å². The third-order valence-electron chi connectivity index (χ3n) is 4.36. The SMILES string of the molecule is COC(=O)c1c(-c2ccccn2)c(CCNC(=O)OC(C)(C)C)nc2ccc(F)cc12. The van der Waals surface area contributed by atoms with Crippen LogP contribution in [0, 0.1) is 5.82 Å². The fourth-order valence-electron chi connectivity index (χ4n) is 3.16. The van der Waals surface area contributed by atoms with Crippen molar-refractivity contribution in [1.82, 2.24) is 15.3 Å². The Balaban J connectivity index is 2.08. The molecule has 2 aromatic heterocycles. The largest absolute Gasteiger partial charge is 0.465 e. The molecule has 31 heavy (non-hydrogen) atoms. The number of esters is 1. The molecule has 2 heterocycles. The normalized spacial score (nSPS) is 11.3. The van der Waals surface area contributed by atoms with Gasteiger partial charge in [-0.3, -0.25) is 9.97 Å². The molecule has 3 aromatic rings. The molecule has 7 nitrogen and oxygen atoms in total. The molecule has 3 rings (SSSR count). The van der Waals surface area contributed by atoms with Gasteiger partial charge in [0.15, 0.2) is 0 Å². The zero-order valence-electron chi connectivity index (χ0n) is 17.9. The lowest BCUT2D eigenvalue weighted by Gasteiger charge is -2.20. The lowest BCUT2D eigenvalue weighted by molar-refractivity contribution is 0.0526. The molecular formula is C23H24FN3O4. The number of hydrogen-bond donors (Lipinski definition) is 1. The molecule has 0 fully saturated rings. The summed E-state index contributed by atoms with van der Waals surface area (Å²) in [4.78, 5) is 33.7. The van der Waals surface area contributed by atoms with Gasteiger partial charge in [-0.1, -0.05) is 6.07 Å². The molecule has 0 bridgehead atoms. The van der Waals surface area contributed by atoms with Crippen molar-refractivity contribution in [1.29, 1.82) is 0 Å². The van der Waals surface area contributed by atoms with E-state index in [0.717, 1.165) is 0 Å². The third-order valence-corrected chi connectivity index (χ3v) is 4.36. The standard InChI is InChI=1S/C23H24FN3O4/c1-23(2,3)31-22(29)26-12-10-18-20(17-7-5-6-11-25-17)19(21(28)30-4)15-13-14(24)8-9-16(15)27-18/h5-9,11,13H,10,12H2,1-4H3,(H,26,29). The monoisotopic (exact) mass is 425 g/mol. The maximum absolute atomic E-state index is 14.0. The molecule has 1 amide bonds. The van der Waals surface area contributed by atoms with E-state index in [1.165, 1.54) is 25.3 Å². The number of methoxy groups -OCH3 is 1. The van der Waals surface area contributed by atoms with E-state index in [1.807, 2.05) is 0 Å². The number of nitrogens with one attached hydrogen (secondary N) is 1. The number of rotatable bonds is 5. The van der Waals surface area contributed by atoms with Gasteiger partial charge in [-0.25, -0.2) is 14.0 Å². The van der Waals surface area contributed by atoms with E-state index in [9.17, 15) is 14.0 Å². The molecule has 1 aromatic carbocycles. The van der Waals surface area contributed by atoms with E-state index in [-0.39, 0.29) is 12.1 Å². The van der Waals surface area contributed by atoms with Crippen LogP contribution in [-0.2, 0) is 15.9 Å². The van der Waals surface area contributed by atoms with E-state index >= 15 is 0 Å². The fourth-order valence-corrected chi connectivity index (χ4v) is 3.16. The van der Waals surface area contributed by atoms with Gasteiger partial charge in [0.1, 0.15) is 11.4 Å². The highest BCUT2D eigenvalue weighted by Gasteiger charge is 2.24. The summed E-state index contributed by atoms with van der Waals surface area (Å²) in [6.07, 6.45) is 1.33. The van der Waals surface area contributed by atoms with Crippen molar-refractivity contribution in [3.05, 3.63) is 59.7 Å². The molecule has 162 valence electrons. The summed E-state index contributed by atoms with van der Waals surface area (Å²) in [7, 11) is 1.26. The lowest BCUT2D eigenvalue weighted by Crippen LogP contribution is -2.33. The molecular weight excluding hydrogens is 401 g/mol. The van der Waals surface area contributed by atoms with Crippen LogP contribution in [0.25, 0.3) is 22.2 Å². The number of carbonyl (C=O) groups excluding carboxylic acids is 2. The number of fused-ring (bicyclic) bond motifs is 1. The van der Waals surface area contributed by atoms with Crippen LogP contribution < -0.4 is 5.32 Å². The molecule has 0 saturated carbocycles. The number of pyridine rings is 2. The average molecular weight is 425 g/mol. The van der Waals surface area contributed by atoms with Crippen molar-refractivity contribution in [3.8, 4) is 11.3 Å². The average Bonchev–Trinajstić information content (AvgIpc) is 2.71. The maximum Gasteiger partial charge on any atom is 0.407 e. The minimum Gasteiger partial charge on any atom is -0.465 e. The Morgan fingerprint density at radius 1 is 1.16 bits per heavy atom. The van der Waals surface area contributed by atoms with E-state index in [1.54, 1.807) is 45.2 Å². The first kappa shape index (κ1) is 22.1. The second kappa shape index (κ2) is 9.07. The maximum atomic E-state index is 14.0. The summed E-state index contributed by atoms with van der Waals surface area (Å²) in [6.45, 7) is 5.55. The van der Waals surface area contributed by atoms with E-state index < -0.39 is 23.5 Å². The minimum atomic E-state index is -0.625. The van der Waals surface area contributed by atoms with Crippen LogP contribution in [0.15, 0.2) is 42.6 Å². The van der Waals surface area contributed by atoms with Crippen molar-refractivity contribution in [2.75, 3.05) is 13.7 Å². The predicted molar refractivity (Wildman–Crippen MR) is 114 cm³/mol. The molecule has 1 N–H and O–H groups in total. The van der Waals surface area contributed by atoms with E-state index in [2.05, 4.69) is 15.3 Å². The second-order valence-electron chi connectivity index (χ2n) is 7.86. The van der Waals surface area contributed by atoms with E-state index in [4.69, 9.17) is 9.47 Å². The van der Waals surface area contributed by atoms with Gasteiger partial charge < -0.3 is 14.8 Å². The Bertz CT molecular complexity index is 1110. The number of halogens is 1. The van der Waals surface area contributed by atoms with Gasteiger partial charge in [-0.2, -0.15) is 0 Å². The molecule has 0 spiro atoms. The predicted octanol–water partition coefficient (Wildman–Crippen LogP) is 4.29. The molecule has 0 radical (unpaired) electrons. The molecule has 8 heteroatoms. The van der Waals surface area contributed by atoms with Crippen molar-refractivity contribution in [3.63, 3.8) is 0 Å². The topological polar surface area (TPSA) is 90.4 Å². The van der Waals surface area contributed by atoms with Gasteiger partial charge in [0.05, 0.1) is 29.6 Å². The number of amides is 1. The highest BCUT2D eigenvalue weighted by Crippen LogP contribution is 2.32. The van der Waals surface area contributed by atoms with Crippen molar-refractivity contribution in [2.24, 2.45) is 0 Å². The van der Waals surface area contributed by atoms with Crippen molar-refractivity contribution < 1.29 is 23.5 Å². The van der Waals surface area contributed by atoms with Gasteiger partial charge >= 0.3 is 12.1 Å². The first-order chi connectivity index (χ1) is 14.7. The Hall–Kier alpha value is -3.55. The van der Waals surface area contributed by atoms with Crippen molar-refractivity contribution >= 4 is 23.0 Å². The van der Waals surface area contributed by atoms with Crippen LogP contribution in [0.4, 0.5) is 9.18 Å². The summed E-state index contributed by atoms with van der Waals surface area (Å²) >= 11 is 0. The Morgan fingerprint density at radius 3 is 2.58 bits per heavy atom. The highest BCUT2D eigenvalue weighted by atomic mass is 19.1. The number of ether oxygens (including phenoxy) is 2. The van der Waals surface area contributed by atoms with Crippen LogP contribution in [0.2, 0.25) is 0 Å². The van der Waals surface area contributed by atoms with Crippen molar-refractivity contribution in [2.45, 2.75) is 32.8 Å². The first-order valence-corrected chi connectivity index (χ1v) is 9.78. The molecule has 0 aliphatic rings. The Morgan fingerprint density at radius 2 is 1.94 bits per heavy atom. The smallest absolute Gasteiger partial charge is 0.407 e. The van der Waals surface area contributed by atoms with Crippen LogP contribution in [0.1, 0.15) is 36.8 Å². The Labute approximate surface area is 179 Å². The van der Waals surface area contributed by atoms with Gasteiger partial charge in [0.2, 0.25) is 0 Å². The summed E-state index contributed by atoms with van der Waals surface area (Å²) in [5, 5.41) is 3.02. The van der Waals surface area contributed by atoms with Crippen LogP contribution in [0.5, 0.6) is 0 Å². The van der Waals surface area contributed by atoms with Gasteiger partial charge in [-0.05, 0) is 51.1 Å². The molecule has 0 aliphatic heterocycles. The molecule has 0 atom stereocenters. The minimum absolute atomic E-state index is 0.179. The zero-order valence-corrected chi connectivity index (χ0v) is 17.9. The zero-order chi connectivity index (χ0) is 22.6. The Kier molecular flexibility index (Phi) is 6.48. The number of aromatic nitrogens is 2. The van der Waals surface area contributed by atoms with Crippen LogP contribution in [-0.4, -0.2) is 41.3 Å². The number of nitrogens with zero attached hydrogens (tertiary/aromatic N) is 2. The molecule has 0 unspecified atom stereocenters. The number of carbonyl (C=O) groups is 2. The lowest BCUT2D eigenvalue weighted by atomic mass is 9.96. The van der Waals surface area contributed by atoms with Gasteiger partial charge in [0, 0.05) is 30.1 Å². The number of benzene rings is 1. The first-order valence-electron chi connectivity index (χ1n) is 9.78. The van der Waals surface area contributed by atoms with Crippen LogP contribution >= 0.6 is 0 Å². The van der Waals surface area contributed by atoms with Crippen LogP contribution in [0.3, 0.4) is 0 Å². The molecule has 0 saturated heterocycles. The summed E-state index contributed by atoms with van der Waals surface area (Å²) in [6, 6.07) is 9.30. The van der Waals surface area contributed by atoms with E-state index in [0.29, 0.717) is 34.3 Å². The summed E-state index contributed by atoms with van der Waals surface area (Å²) in [5.74, 6) is -1.12. The summed E-state index contributed by atoms with van der Waals surface area (Å²) in [5.41, 5.74) is 1.46. The number of hydrogen-bond acceptors (Lipinski definition) is 6. The fraction of sp³-hybridized carbons (Fsp3) is 0.304. The van der Waals surface area contributed by atoms with Gasteiger partial charge in [-0.15, -0.1) is 0 Å². The third kappa shape index (κ3) is 5.33. The quantitative estimate of drug-likeness (QED) is 0.614. The highest BCUT2D eigenvalue weighted by molar-refractivity contribution is 6.09. The second-order valence-corrected chi connectivity index (χ2v) is 7.86. The number of alkyl carbamates (subject to hydrolysis) is 1.